The van der Waals surface area contributed by atoms with E-state index in [-0.39, 0.29) is 29.6 Å². The summed E-state index contributed by atoms with van der Waals surface area (Å²) in [5.41, 5.74) is 0. The molecule has 0 radical (unpaired) electrons. The second-order valence-corrected chi connectivity index (χ2v) is 0.588. The maximum atomic E-state index is 4.22. The van der Waals surface area contributed by atoms with Gasteiger partial charge in [-0.3, -0.25) is 0 Å². The Morgan fingerprint density at radius 2 is 2.33 bits per heavy atom. The summed E-state index contributed by atoms with van der Waals surface area (Å²) in [4.78, 5) is 0. The van der Waals surface area contributed by atoms with Crippen LogP contribution in [-0.4, -0.2) is 39.9 Å². The van der Waals surface area contributed by atoms with Gasteiger partial charge in [-0.15, -0.1) is 5.10 Å². The van der Waals surface area contributed by atoms with Crippen LogP contribution >= 0.6 is 0 Å². The molecule has 0 spiro atoms. The molecule has 28 valence electrons. The number of aromatic nitrogens is 2. The molecule has 3 nitrogen and oxygen atoms in total. The van der Waals surface area contributed by atoms with Gasteiger partial charge in [0.2, 0.25) is 0 Å². The van der Waals surface area contributed by atoms with Crippen LogP contribution in [0.15, 0.2) is 17.0 Å². The predicted octanol–water partition coefficient (Wildman–Crippen LogP) is -0.579. The molecule has 1 rings (SSSR count). The van der Waals surface area contributed by atoms with Crippen LogP contribution in [0.2, 0.25) is 0 Å². The van der Waals surface area contributed by atoms with Crippen molar-refractivity contribution in [1.29, 1.82) is 0 Å². The average molecular weight is 94.0 g/mol. The minimum atomic E-state index is 0. The summed E-state index contributed by atoms with van der Waals surface area (Å²) < 4.78 is 4.22. The number of rotatable bonds is 0. The topological polar surface area (TPSA) is 38.9 Å². The van der Waals surface area contributed by atoms with Gasteiger partial charge >= 0.3 is 29.6 Å². The quantitative estimate of drug-likeness (QED) is 0.404. The van der Waals surface area contributed by atoms with Gasteiger partial charge in [-0.1, -0.05) is 0 Å². The summed E-state index contributed by atoms with van der Waals surface area (Å²) in [7, 11) is 0. The van der Waals surface area contributed by atoms with E-state index in [1.165, 1.54) is 12.5 Å². The fraction of sp³-hybridized carbons (Fsp3) is 0. The van der Waals surface area contributed by atoms with Crippen LogP contribution in [0.1, 0.15) is 0 Å². The van der Waals surface area contributed by atoms with Crippen LogP contribution < -0.4 is 0 Å². The molecular formula is C2H3N2NaO. The van der Waals surface area contributed by atoms with Crippen molar-refractivity contribution < 1.29 is 4.52 Å². The Labute approximate surface area is 57.0 Å². The number of hydrogen-bond donors (Lipinski definition) is 0. The van der Waals surface area contributed by atoms with Gasteiger partial charge in [0.25, 0.3) is 0 Å². The van der Waals surface area contributed by atoms with Crippen molar-refractivity contribution in [2.45, 2.75) is 0 Å². The molecule has 1 aromatic rings. The van der Waals surface area contributed by atoms with E-state index in [4.69, 9.17) is 0 Å². The summed E-state index contributed by atoms with van der Waals surface area (Å²) >= 11 is 0. The fourth-order valence-electron chi connectivity index (χ4n) is 0.136. The van der Waals surface area contributed by atoms with E-state index in [1.807, 2.05) is 0 Å². The van der Waals surface area contributed by atoms with Gasteiger partial charge in [0.15, 0.2) is 0 Å². The van der Waals surface area contributed by atoms with E-state index < -0.39 is 0 Å². The van der Waals surface area contributed by atoms with Crippen LogP contribution in [0.5, 0.6) is 0 Å². The largest absolute Gasteiger partial charge is 0.346 e. The van der Waals surface area contributed by atoms with Gasteiger partial charge in [-0.05, 0) is 0 Å². The van der Waals surface area contributed by atoms with Crippen molar-refractivity contribution in [1.82, 2.24) is 10.4 Å². The molecule has 6 heavy (non-hydrogen) atoms. The standard InChI is InChI=1S/C2H2N2O.Na.H/c1-2-5-4-3-1;;/h1-2H;;. The molecule has 0 amide bonds. The zero-order valence-electron chi connectivity index (χ0n) is 2.46. The Kier molecular flexibility index (Phi) is 3.41. The third-order valence-corrected chi connectivity index (χ3v) is 0.283. The Hall–Kier alpha value is 0.140. The first-order chi connectivity index (χ1) is 2.50. The Balaban J connectivity index is 0.000000250. The van der Waals surface area contributed by atoms with Crippen molar-refractivity contribution in [3.8, 4) is 0 Å². The Morgan fingerprint density at radius 3 is 2.50 bits per heavy atom. The van der Waals surface area contributed by atoms with Gasteiger partial charge in [0.05, 0.1) is 6.20 Å². The minimum Gasteiger partial charge on any atom is -0.346 e. The molecule has 0 saturated heterocycles. The van der Waals surface area contributed by atoms with Crippen LogP contribution in [0.4, 0.5) is 0 Å². The molecule has 0 aliphatic carbocycles. The molecule has 1 aromatic heterocycles. The fourth-order valence-corrected chi connectivity index (χ4v) is 0.136. The summed E-state index contributed by atoms with van der Waals surface area (Å²) in [6, 6.07) is 0. The first kappa shape index (κ1) is 6.14. The summed E-state index contributed by atoms with van der Waals surface area (Å²) in [5.74, 6) is 0. The molecule has 0 atom stereocenters. The molecule has 0 saturated carbocycles. The van der Waals surface area contributed by atoms with E-state index in [2.05, 4.69) is 14.9 Å². The third-order valence-electron chi connectivity index (χ3n) is 0.283. The van der Waals surface area contributed by atoms with E-state index in [0.717, 1.165) is 0 Å². The normalized spacial score (nSPS) is 6.67. The van der Waals surface area contributed by atoms with E-state index in [0.29, 0.717) is 0 Å². The van der Waals surface area contributed by atoms with Crippen LogP contribution in [0.25, 0.3) is 0 Å². The van der Waals surface area contributed by atoms with Crippen molar-refractivity contribution in [3.63, 3.8) is 0 Å². The van der Waals surface area contributed by atoms with Crippen molar-refractivity contribution >= 4 is 29.6 Å². The Morgan fingerprint density at radius 1 is 1.50 bits per heavy atom. The molecule has 0 unspecified atom stereocenters. The predicted molar refractivity (Wildman–Crippen MR) is 21.4 cm³/mol. The molecule has 4 heteroatoms. The van der Waals surface area contributed by atoms with Crippen molar-refractivity contribution in [2.75, 3.05) is 0 Å². The molecule has 0 fully saturated rings. The van der Waals surface area contributed by atoms with E-state index in [1.54, 1.807) is 0 Å². The van der Waals surface area contributed by atoms with Gasteiger partial charge in [-0.2, -0.15) is 0 Å². The maximum absolute atomic E-state index is 4.22. The molecule has 1 heterocycles. The molecule has 0 N–H and O–H groups in total. The van der Waals surface area contributed by atoms with Crippen LogP contribution in [0.3, 0.4) is 0 Å². The summed E-state index contributed by atoms with van der Waals surface area (Å²) in [5, 5.41) is 6.40. The van der Waals surface area contributed by atoms with Gasteiger partial charge < -0.3 is 4.52 Å². The number of nitrogens with zero attached hydrogens (tertiary/aromatic N) is 2. The zero-order chi connectivity index (χ0) is 3.54. The second kappa shape index (κ2) is 3.33. The monoisotopic (exact) mass is 94.0 g/mol. The van der Waals surface area contributed by atoms with Gasteiger partial charge in [0.1, 0.15) is 6.26 Å². The SMILES string of the molecule is [NaH].c1conn1. The Bertz CT molecular complexity index is 68.0. The third kappa shape index (κ3) is 1.55. The molecule has 0 aliphatic heterocycles. The second-order valence-electron chi connectivity index (χ2n) is 0.588. The average Bonchev–Trinajstić information content (AvgIpc) is 1.76. The minimum absolute atomic E-state index is 0. The van der Waals surface area contributed by atoms with Gasteiger partial charge in [0, 0.05) is 5.27 Å². The van der Waals surface area contributed by atoms with Crippen LogP contribution in [-0.2, 0) is 0 Å². The van der Waals surface area contributed by atoms with E-state index in [9.17, 15) is 0 Å². The molecule has 0 bridgehead atoms. The summed E-state index contributed by atoms with van der Waals surface area (Å²) in [6.45, 7) is 0. The molecular weight excluding hydrogens is 91.0 g/mol. The molecule has 0 aromatic carbocycles. The maximum Gasteiger partial charge on any atom is 0.144 e. The van der Waals surface area contributed by atoms with Crippen LogP contribution in [0, 0.1) is 0 Å². The van der Waals surface area contributed by atoms with Crippen molar-refractivity contribution in [3.05, 3.63) is 12.5 Å². The zero-order valence-corrected chi connectivity index (χ0v) is 2.46. The first-order valence-corrected chi connectivity index (χ1v) is 1.21. The smallest absolute Gasteiger partial charge is 0.144 e. The molecule has 0 aliphatic rings. The number of hydrogen-bond acceptors (Lipinski definition) is 3. The van der Waals surface area contributed by atoms with Crippen molar-refractivity contribution in [2.24, 2.45) is 0 Å². The summed E-state index contributed by atoms with van der Waals surface area (Å²) in [6.07, 6.45) is 2.88. The van der Waals surface area contributed by atoms with E-state index >= 15 is 0 Å². The first-order valence-electron chi connectivity index (χ1n) is 1.21. The van der Waals surface area contributed by atoms with Gasteiger partial charge in [-0.25, -0.2) is 0 Å².